The number of hydrogen-bond acceptors (Lipinski definition) is 2. The molecule has 2 unspecified atom stereocenters. The van der Waals surface area contributed by atoms with Gasteiger partial charge in [-0.05, 0) is 29.2 Å². The second kappa shape index (κ2) is 5.79. The van der Waals surface area contributed by atoms with Gasteiger partial charge >= 0.3 is 5.97 Å². The Labute approximate surface area is 129 Å². The number of carboxylic acid groups (broad SMARTS) is 1. The molecule has 1 saturated carbocycles. The zero-order chi connectivity index (χ0) is 15.7. The van der Waals surface area contributed by atoms with Crippen molar-refractivity contribution in [2.24, 2.45) is 11.8 Å². The van der Waals surface area contributed by atoms with Gasteiger partial charge in [0.2, 0.25) is 5.91 Å². The van der Waals surface area contributed by atoms with Crippen molar-refractivity contribution in [2.75, 3.05) is 13.6 Å². The Morgan fingerprint density at radius 1 is 1.14 bits per heavy atom. The summed E-state index contributed by atoms with van der Waals surface area (Å²) in [5, 5.41) is 11.3. The summed E-state index contributed by atoms with van der Waals surface area (Å²) < 4.78 is 0. The van der Waals surface area contributed by atoms with Gasteiger partial charge in [-0.15, -0.1) is 0 Å². The second-order valence-corrected chi connectivity index (χ2v) is 5.93. The van der Waals surface area contributed by atoms with Gasteiger partial charge in [0.15, 0.2) is 0 Å². The Hall–Kier alpha value is -2.36. The van der Waals surface area contributed by atoms with E-state index in [-0.39, 0.29) is 11.8 Å². The predicted octanol–water partition coefficient (Wildman–Crippen LogP) is 2.56. The molecule has 4 heteroatoms. The molecule has 0 spiro atoms. The van der Waals surface area contributed by atoms with Gasteiger partial charge in [-0.25, -0.2) is 0 Å². The van der Waals surface area contributed by atoms with E-state index < -0.39 is 11.9 Å². The summed E-state index contributed by atoms with van der Waals surface area (Å²) >= 11 is 0. The Morgan fingerprint density at radius 2 is 1.86 bits per heavy atom. The Morgan fingerprint density at radius 3 is 2.59 bits per heavy atom. The Bertz CT molecular complexity index is 720. The van der Waals surface area contributed by atoms with Crippen LogP contribution in [0.25, 0.3) is 10.8 Å². The van der Waals surface area contributed by atoms with Crippen LogP contribution in [-0.4, -0.2) is 35.5 Å². The van der Waals surface area contributed by atoms with Crippen molar-refractivity contribution < 1.29 is 14.7 Å². The van der Waals surface area contributed by atoms with Crippen molar-refractivity contribution in [3.8, 4) is 0 Å². The molecule has 0 aromatic heterocycles. The van der Waals surface area contributed by atoms with Gasteiger partial charge in [-0.3, -0.25) is 9.59 Å². The SMILES string of the molecule is CN(CCc1cccc2ccccc12)C(=O)C1CC1C(=O)O. The van der Waals surface area contributed by atoms with E-state index in [1.54, 1.807) is 11.9 Å². The van der Waals surface area contributed by atoms with Crippen molar-refractivity contribution in [2.45, 2.75) is 12.8 Å². The van der Waals surface area contributed by atoms with Gasteiger partial charge in [-0.2, -0.15) is 0 Å². The minimum atomic E-state index is -0.860. The fraction of sp³-hybridized carbons (Fsp3) is 0.333. The first-order valence-electron chi connectivity index (χ1n) is 7.52. The summed E-state index contributed by atoms with van der Waals surface area (Å²) in [6.45, 7) is 0.607. The molecular weight excluding hydrogens is 278 g/mol. The first-order chi connectivity index (χ1) is 10.6. The summed E-state index contributed by atoms with van der Waals surface area (Å²) in [5.74, 6) is -1.71. The molecule has 1 N–H and O–H groups in total. The fourth-order valence-corrected chi connectivity index (χ4v) is 2.93. The standard InChI is InChI=1S/C18H19NO3/c1-19(17(20)15-11-16(15)18(21)22)10-9-13-7-4-6-12-5-2-3-8-14(12)13/h2-8,15-16H,9-11H2,1H3,(H,21,22). The maximum Gasteiger partial charge on any atom is 0.307 e. The third-order valence-electron chi connectivity index (χ3n) is 4.40. The maximum absolute atomic E-state index is 12.2. The van der Waals surface area contributed by atoms with Gasteiger partial charge in [0.25, 0.3) is 0 Å². The first-order valence-corrected chi connectivity index (χ1v) is 7.52. The first kappa shape index (κ1) is 14.6. The zero-order valence-corrected chi connectivity index (χ0v) is 12.5. The smallest absolute Gasteiger partial charge is 0.307 e. The van der Waals surface area contributed by atoms with E-state index in [1.807, 2.05) is 18.2 Å². The van der Waals surface area contributed by atoms with Crippen LogP contribution in [-0.2, 0) is 16.0 Å². The lowest BCUT2D eigenvalue weighted by atomic mass is 10.0. The third kappa shape index (κ3) is 2.82. The molecule has 1 aliphatic rings. The van der Waals surface area contributed by atoms with Crippen LogP contribution in [0.15, 0.2) is 42.5 Å². The van der Waals surface area contributed by atoms with Crippen molar-refractivity contribution >= 4 is 22.6 Å². The predicted molar refractivity (Wildman–Crippen MR) is 84.5 cm³/mol. The summed E-state index contributed by atoms with van der Waals surface area (Å²) in [7, 11) is 1.75. The number of benzene rings is 2. The molecule has 2 atom stereocenters. The van der Waals surface area contributed by atoms with Crippen molar-refractivity contribution in [3.63, 3.8) is 0 Å². The number of carbonyl (C=O) groups excluding carboxylic acids is 1. The van der Waals surface area contributed by atoms with Crippen LogP contribution in [0.1, 0.15) is 12.0 Å². The number of likely N-dealkylation sites (N-methyl/N-ethyl adjacent to an activating group) is 1. The lowest BCUT2D eigenvalue weighted by molar-refractivity contribution is -0.141. The number of nitrogens with zero attached hydrogens (tertiary/aromatic N) is 1. The maximum atomic E-state index is 12.2. The molecule has 1 aliphatic carbocycles. The van der Waals surface area contributed by atoms with Crippen LogP contribution in [0.4, 0.5) is 0 Å². The number of carboxylic acids is 1. The molecule has 0 saturated heterocycles. The molecule has 0 radical (unpaired) electrons. The summed E-state index contributed by atoms with van der Waals surface area (Å²) in [6.07, 6.45) is 1.25. The summed E-state index contributed by atoms with van der Waals surface area (Å²) in [4.78, 5) is 24.7. The zero-order valence-electron chi connectivity index (χ0n) is 12.5. The average molecular weight is 297 g/mol. The van der Waals surface area contributed by atoms with E-state index in [9.17, 15) is 9.59 Å². The van der Waals surface area contributed by atoms with Crippen LogP contribution in [0.2, 0.25) is 0 Å². The summed E-state index contributed by atoms with van der Waals surface area (Å²) in [6, 6.07) is 14.4. The number of amides is 1. The number of rotatable bonds is 5. The van der Waals surface area contributed by atoms with E-state index in [0.717, 1.165) is 6.42 Å². The molecule has 114 valence electrons. The Kier molecular flexibility index (Phi) is 3.84. The van der Waals surface area contributed by atoms with E-state index in [0.29, 0.717) is 13.0 Å². The van der Waals surface area contributed by atoms with Crippen molar-refractivity contribution in [3.05, 3.63) is 48.0 Å². The molecule has 3 rings (SSSR count). The van der Waals surface area contributed by atoms with Gasteiger partial charge < -0.3 is 10.0 Å². The van der Waals surface area contributed by atoms with E-state index in [1.165, 1.54) is 16.3 Å². The van der Waals surface area contributed by atoms with Crippen LogP contribution in [0.3, 0.4) is 0 Å². The van der Waals surface area contributed by atoms with Gasteiger partial charge in [-0.1, -0.05) is 42.5 Å². The molecule has 1 fully saturated rings. The molecule has 2 aromatic carbocycles. The molecule has 0 bridgehead atoms. The normalized spacial score (nSPS) is 19.9. The van der Waals surface area contributed by atoms with Gasteiger partial charge in [0.05, 0.1) is 11.8 Å². The highest BCUT2D eigenvalue weighted by molar-refractivity contribution is 5.89. The van der Waals surface area contributed by atoms with E-state index in [2.05, 4.69) is 24.3 Å². The lowest BCUT2D eigenvalue weighted by Gasteiger charge is -2.17. The highest BCUT2D eigenvalue weighted by Crippen LogP contribution is 2.39. The molecule has 22 heavy (non-hydrogen) atoms. The minimum absolute atomic E-state index is 0.0485. The highest BCUT2D eigenvalue weighted by Gasteiger charge is 2.49. The van der Waals surface area contributed by atoms with Crippen molar-refractivity contribution in [1.29, 1.82) is 0 Å². The highest BCUT2D eigenvalue weighted by atomic mass is 16.4. The number of fused-ring (bicyclic) bond motifs is 1. The molecule has 2 aromatic rings. The number of carbonyl (C=O) groups is 2. The molecule has 4 nitrogen and oxygen atoms in total. The molecule has 0 heterocycles. The van der Waals surface area contributed by atoms with Crippen LogP contribution in [0.5, 0.6) is 0 Å². The minimum Gasteiger partial charge on any atom is -0.481 e. The molecule has 0 aliphatic heterocycles. The molecule has 1 amide bonds. The van der Waals surface area contributed by atoms with Crippen LogP contribution in [0, 0.1) is 11.8 Å². The van der Waals surface area contributed by atoms with Crippen LogP contribution < -0.4 is 0 Å². The van der Waals surface area contributed by atoms with Crippen molar-refractivity contribution in [1.82, 2.24) is 4.90 Å². The number of aliphatic carboxylic acids is 1. The van der Waals surface area contributed by atoms with Gasteiger partial charge in [0, 0.05) is 13.6 Å². The van der Waals surface area contributed by atoms with E-state index >= 15 is 0 Å². The largest absolute Gasteiger partial charge is 0.481 e. The lowest BCUT2D eigenvalue weighted by Crippen LogP contribution is -2.31. The average Bonchev–Trinajstić information content (AvgIpc) is 3.32. The second-order valence-electron chi connectivity index (χ2n) is 5.93. The Balaban J connectivity index is 1.64. The third-order valence-corrected chi connectivity index (χ3v) is 4.40. The summed E-state index contributed by atoms with van der Waals surface area (Å²) in [5.41, 5.74) is 1.21. The van der Waals surface area contributed by atoms with Gasteiger partial charge in [0.1, 0.15) is 0 Å². The quantitative estimate of drug-likeness (QED) is 0.922. The van der Waals surface area contributed by atoms with Crippen LogP contribution >= 0.6 is 0 Å². The molecular formula is C18H19NO3. The monoisotopic (exact) mass is 297 g/mol. The number of hydrogen-bond donors (Lipinski definition) is 1. The topological polar surface area (TPSA) is 57.6 Å². The fourth-order valence-electron chi connectivity index (χ4n) is 2.93. The van der Waals surface area contributed by atoms with E-state index in [4.69, 9.17) is 5.11 Å².